The van der Waals surface area contributed by atoms with E-state index in [1.165, 1.54) is 0 Å². The van der Waals surface area contributed by atoms with Gasteiger partial charge in [0.15, 0.2) is 0 Å². The molecule has 3 amide bonds. The maximum Gasteiger partial charge on any atom is 0.326 e. The van der Waals surface area contributed by atoms with Gasteiger partial charge >= 0.3 is 17.9 Å². The van der Waals surface area contributed by atoms with Crippen molar-refractivity contribution in [1.29, 1.82) is 0 Å². The van der Waals surface area contributed by atoms with Crippen molar-refractivity contribution >= 4 is 35.6 Å². The Hall–Kier alpha value is -4.00. The fraction of sp³-hybridized carbons (Fsp3) is 0.455. The summed E-state index contributed by atoms with van der Waals surface area (Å²) >= 11 is 0. The maximum atomic E-state index is 12.8. The smallest absolute Gasteiger partial charge is 0.326 e. The van der Waals surface area contributed by atoms with Crippen LogP contribution in [0.5, 0.6) is 0 Å². The van der Waals surface area contributed by atoms with Crippen LogP contribution in [0.25, 0.3) is 0 Å². The summed E-state index contributed by atoms with van der Waals surface area (Å²) in [7, 11) is 0. The number of aliphatic carboxylic acids is 3. The van der Waals surface area contributed by atoms with Crippen molar-refractivity contribution in [1.82, 2.24) is 16.0 Å². The van der Waals surface area contributed by atoms with Crippen molar-refractivity contribution in [3.8, 4) is 0 Å². The van der Waals surface area contributed by atoms with Gasteiger partial charge < -0.3 is 37.0 Å². The van der Waals surface area contributed by atoms with Crippen LogP contribution in [-0.4, -0.2) is 75.1 Å². The highest BCUT2D eigenvalue weighted by atomic mass is 16.4. The first kappa shape index (κ1) is 29.0. The Morgan fingerprint density at radius 1 is 0.771 bits per heavy atom. The second-order valence-corrected chi connectivity index (χ2v) is 8.18. The van der Waals surface area contributed by atoms with Gasteiger partial charge in [-0.15, -0.1) is 0 Å². The number of carbonyl (C=O) groups is 6. The second kappa shape index (κ2) is 13.6. The van der Waals surface area contributed by atoms with Gasteiger partial charge in [-0.3, -0.25) is 24.0 Å². The molecule has 0 aliphatic heterocycles. The molecular weight excluding hydrogens is 464 g/mol. The molecule has 35 heavy (non-hydrogen) atoms. The molecule has 13 nitrogen and oxygen atoms in total. The first-order chi connectivity index (χ1) is 16.3. The molecule has 1 rings (SSSR count). The quantitative estimate of drug-likeness (QED) is 0.162. The lowest BCUT2D eigenvalue weighted by Gasteiger charge is -2.26. The first-order valence-corrected chi connectivity index (χ1v) is 10.7. The van der Waals surface area contributed by atoms with Crippen LogP contribution in [0.3, 0.4) is 0 Å². The fourth-order valence-corrected chi connectivity index (χ4v) is 3.05. The average molecular weight is 495 g/mol. The van der Waals surface area contributed by atoms with Crippen LogP contribution in [0.15, 0.2) is 30.3 Å². The third-order valence-corrected chi connectivity index (χ3v) is 4.89. The molecule has 0 aliphatic carbocycles. The van der Waals surface area contributed by atoms with Gasteiger partial charge in [-0.1, -0.05) is 44.2 Å². The zero-order valence-corrected chi connectivity index (χ0v) is 19.3. The number of nitrogens with one attached hydrogen (secondary N) is 3. The van der Waals surface area contributed by atoms with Gasteiger partial charge in [0.1, 0.15) is 18.1 Å². The highest BCUT2D eigenvalue weighted by Crippen LogP contribution is 2.07. The highest BCUT2D eigenvalue weighted by Gasteiger charge is 2.33. The van der Waals surface area contributed by atoms with Crippen molar-refractivity contribution in [3.63, 3.8) is 0 Å². The molecule has 0 spiro atoms. The molecular formula is C22H30N4O9. The maximum absolute atomic E-state index is 12.8. The van der Waals surface area contributed by atoms with E-state index in [1.54, 1.807) is 44.2 Å². The van der Waals surface area contributed by atoms with E-state index in [2.05, 4.69) is 10.6 Å². The predicted molar refractivity (Wildman–Crippen MR) is 121 cm³/mol. The number of hydrogen-bond donors (Lipinski definition) is 7. The molecule has 0 saturated heterocycles. The zero-order chi connectivity index (χ0) is 26.7. The number of amides is 3. The van der Waals surface area contributed by atoms with Crippen molar-refractivity contribution in [2.75, 3.05) is 0 Å². The summed E-state index contributed by atoms with van der Waals surface area (Å²) < 4.78 is 0. The summed E-state index contributed by atoms with van der Waals surface area (Å²) in [5.74, 6) is -7.88. The molecule has 0 fully saturated rings. The summed E-state index contributed by atoms with van der Waals surface area (Å²) in [4.78, 5) is 71.2. The minimum atomic E-state index is -1.84. The standard InChI is InChI=1S/C22H30N4O9/c1-11(2)18(26-19(31)13(23)8-12-6-4-3-5-7-12)21(33)24-14(9-16(27)28)20(32)25-15(22(34)35)10-17(29)30/h3-7,11,13-15,18H,8-10,23H2,1-2H3,(H,24,33)(H,25,32)(H,26,31)(H,27,28)(H,29,30)(H,34,35). The zero-order valence-electron chi connectivity index (χ0n) is 19.3. The SMILES string of the molecule is CC(C)C(NC(=O)C(N)Cc1ccccc1)C(=O)NC(CC(=O)O)C(=O)NC(CC(=O)O)C(=O)O. The molecule has 1 aromatic rings. The van der Waals surface area contributed by atoms with E-state index in [0.717, 1.165) is 5.56 Å². The number of nitrogens with two attached hydrogens (primary N) is 1. The van der Waals surface area contributed by atoms with Crippen LogP contribution in [0.1, 0.15) is 32.3 Å². The Bertz CT molecular complexity index is 936. The van der Waals surface area contributed by atoms with Crippen LogP contribution < -0.4 is 21.7 Å². The number of carbonyl (C=O) groups excluding carboxylic acids is 3. The Balaban J connectivity index is 2.93. The van der Waals surface area contributed by atoms with Crippen molar-refractivity contribution in [2.45, 2.75) is 57.3 Å². The van der Waals surface area contributed by atoms with E-state index < -0.39 is 78.6 Å². The summed E-state index contributed by atoms with van der Waals surface area (Å²) in [6.45, 7) is 3.21. The Labute approximate surface area is 201 Å². The molecule has 1 aromatic carbocycles. The normalized spacial score (nSPS) is 14.2. The molecule has 8 N–H and O–H groups in total. The number of carboxylic acid groups (broad SMARTS) is 3. The topological polar surface area (TPSA) is 225 Å². The summed E-state index contributed by atoms with van der Waals surface area (Å²) in [5, 5.41) is 33.6. The van der Waals surface area contributed by atoms with Gasteiger partial charge in [0.25, 0.3) is 0 Å². The Morgan fingerprint density at radius 3 is 1.77 bits per heavy atom. The summed E-state index contributed by atoms with van der Waals surface area (Å²) in [5.41, 5.74) is 6.75. The van der Waals surface area contributed by atoms with E-state index in [1.807, 2.05) is 5.32 Å². The van der Waals surface area contributed by atoms with Crippen molar-refractivity contribution < 1.29 is 44.1 Å². The number of rotatable bonds is 14. The number of carboxylic acids is 3. The summed E-state index contributed by atoms with van der Waals surface area (Å²) in [6, 6.07) is 3.18. The number of hydrogen-bond acceptors (Lipinski definition) is 7. The third-order valence-electron chi connectivity index (χ3n) is 4.89. The van der Waals surface area contributed by atoms with Gasteiger partial charge in [0.2, 0.25) is 17.7 Å². The van der Waals surface area contributed by atoms with Gasteiger partial charge in [-0.2, -0.15) is 0 Å². The van der Waals surface area contributed by atoms with E-state index in [-0.39, 0.29) is 6.42 Å². The van der Waals surface area contributed by atoms with E-state index in [0.29, 0.717) is 0 Å². The largest absolute Gasteiger partial charge is 0.481 e. The second-order valence-electron chi connectivity index (χ2n) is 8.18. The number of benzene rings is 1. The van der Waals surface area contributed by atoms with Crippen molar-refractivity contribution in [3.05, 3.63) is 35.9 Å². The molecule has 0 radical (unpaired) electrons. The lowest BCUT2D eigenvalue weighted by molar-refractivity contribution is -0.148. The molecule has 192 valence electrons. The monoisotopic (exact) mass is 494 g/mol. The third kappa shape index (κ3) is 10.2. The molecule has 0 heterocycles. The van der Waals surface area contributed by atoms with Gasteiger partial charge in [0.05, 0.1) is 18.9 Å². The molecule has 0 aromatic heterocycles. The van der Waals surface area contributed by atoms with Crippen LogP contribution in [-0.2, 0) is 35.2 Å². The minimum absolute atomic E-state index is 0.198. The molecule has 0 aliphatic rings. The van der Waals surface area contributed by atoms with E-state index in [9.17, 15) is 28.8 Å². The van der Waals surface area contributed by atoms with Crippen LogP contribution in [0, 0.1) is 5.92 Å². The highest BCUT2D eigenvalue weighted by molar-refractivity contribution is 5.96. The molecule has 4 unspecified atom stereocenters. The lowest BCUT2D eigenvalue weighted by atomic mass is 10.0. The molecule has 0 saturated carbocycles. The molecule has 13 heteroatoms. The van der Waals surface area contributed by atoms with Gasteiger partial charge in [-0.05, 0) is 17.9 Å². The molecule has 0 bridgehead atoms. The van der Waals surface area contributed by atoms with Gasteiger partial charge in [0, 0.05) is 0 Å². The van der Waals surface area contributed by atoms with E-state index >= 15 is 0 Å². The first-order valence-electron chi connectivity index (χ1n) is 10.7. The molecule has 4 atom stereocenters. The van der Waals surface area contributed by atoms with Crippen molar-refractivity contribution in [2.24, 2.45) is 11.7 Å². The predicted octanol–water partition coefficient (Wildman–Crippen LogP) is -1.30. The Kier molecular flexibility index (Phi) is 11.3. The lowest BCUT2D eigenvalue weighted by Crippen LogP contribution is -2.59. The minimum Gasteiger partial charge on any atom is -0.481 e. The van der Waals surface area contributed by atoms with E-state index in [4.69, 9.17) is 21.1 Å². The van der Waals surface area contributed by atoms with Gasteiger partial charge in [-0.25, -0.2) is 4.79 Å². The Morgan fingerprint density at radius 2 is 1.29 bits per heavy atom. The van der Waals surface area contributed by atoms with Crippen LogP contribution >= 0.6 is 0 Å². The fourth-order valence-electron chi connectivity index (χ4n) is 3.05. The summed E-state index contributed by atoms with van der Waals surface area (Å²) in [6.07, 6.45) is -1.68. The van der Waals surface area contributed by atoms with Crippen LogP contribution in [0.4, 0.5) is 0 Å². The average Bonchev–Trinajstić information content (AvgIpc) is 2.75. The van der Waals surface area contributed by atoms with Crippen LogP contribution in [0.2, 0.25) is 0 Å².